The fourth-order valence-electron chi connectivity index (χ4n) is 2.74. The molecule has 0 saturated carbocycles. The second-order valence-electron chi connectivity index (χ2n) is 5.91. The first-order valence-corrected chi connectivity index (χ1v) is 9.72. The van der Waals surface area contributed by atoms with Crippen LogP contribution in [0, 0.1) is 6.92 Å². The highest BCUT2D eigenvalue weighted by molar-refractivity contribution is 7.89. The van der Waals surface area contributed by atoms with Crippen molar-refractivity contribution in [2.45, 2.75) is 24.8 Å². The lowest BCUT2D eigenvalue weighted by molar-refractivity contribution is -0.145. The molecule has 0 aliphatic heterocycles. The molecule has 1 aromatic heterocycles. The molecule has 0 aliphatic carbocycles. The van der Waals surface area contributed by atoms with Crippen LogP contribution in [0.3, 0.4) is 0 Å². The summed E-state index contributed by atoms with van der Waals surface area (Å²) in [5.74, 6) is -0.645. The predicted molar refractivity (Wildman–Crippen MR) is 99.2 cm³/mol. The molecule has 0 unspecified atom stereocenters. The minimum absolute atomic E-state index is 0.0947. The molecule has 0 radical (unpaired) electrons. The molecule has 1 atom stereocenters. The highest BCUT2D eigenvalue weighted by Crippen LogP contribution is 2.26. The first-order chi connectivity index (χ1) is 12.4. The molecule has 136 valence electrons. The molecule has 0 fully saturated rings. The lowest BCUT2D eigenvalue weighted by atomic mass is 10.1. The number of hydrogen-bond donors (Lipinski definition) is 2. The molecule has 3 aromatic rings. The average Bonchev–Trinajstić information content (AvgIpc) is 3.04. The van der Waals surface area contributed by atoms with Crippen LogP contribution in [0.25, 0.3) is 10.9 Å². The zero-order valence-electron chi connectivity index (χ0n) is 14.5. The van der Waals surface area contributed by atoms with Crippen molar-refractivity contribution in [1.82, 2.24) is 9.71 Å². The van der Waals surface area contributed by atoms with E-state index in [0.717, 1.165) is 16.5 Å². The van der Waals surface area contributed by atoms with Crippen LogP contribution in [0.5, 0.6) is 0 Å². The Labute approximate surface area is 152 Å². The third kappa shape index (κ3) is 3.63. The van der Waals surface area contributed by atoms with E-state index in [4.69, 9.17) is 4.74 Å². The summed E-state index contributed by atoms with van der Waals surface area (Å²) in [7, 11) is -3.90. The van der Waals surface area contributed by atoms with Crippen LogP contribution < -0.4 is 4.72 Å². The Morgan fingerprint density at radius 3 is 2.54 bits per heavy atom. The molecule has 1 heterocycles. The molecule has 7 heteroatoms. The molecule has 0 amide bonds. The predicted octanol–water partition coefficient (Wildman–Crippen LogP) is 3.06. The third-order valence-electron chi connectivity index (χ3n) is 4.06. The number of rotatable bonds is 6. The van der Waals surface area contributed by atoms with E-state index in [1.165, 1.54) is 12.1 Å². The summed E-state index contributed by atoms with van der Waals surface area (Å²) in [5.41, 5.74) is 2.28. The molecule has 0 bridgehead atoms. The van der Waals surface area contributed by atoms with Gasteiger partial charge in [0.1, 0.15) is 6.04 Å². The van der Waals surface area contributed by atoms with E-state index >= 15 is 0 Å². The number of benzene rings is 2. The summed E-state index contributed by atoms with van der Waals surface area (Å²) < 4.78 is 33.1. The normalized spacial score (nSPS) is 12.8. The first-order valence-electron chi connectivity index (χ1n) is 8.24. The number of hydrogen-bond acceptors (Lipinski definition) is 4. The number of fused-ring (bicyclic) bond motifs is 1. The highest BCUT2D eigenvalue weighted by Gasteiger charge is 2.30. The number of aromatic amines is 1. The van der Waals surface area contributed by atoms with Gasteiger partial charge in [-0.15, -0.1) is 0 Å². The van der Waals surface area contributed by atoms with Crippen LogP contribution in [0.4, 0.5) is 0 Å². The molecular formula is C19H20N2O4S. The fourth-order valence-corrected chi connectivity index (χ4v) is 3.90. The van der Waals surface area contributed by atoms with E-state index in [-0.39, 0.29) is 11.5 Å². The molecule has 6 nitrogen and oxygen atoms in total. The number of carbonyl (C=O) groups is 1. The van der Waals surface area contributed by atoms with Gasteiger partial charge in [-0.1, -0.05) is 35.9 Å². The number of esters is 1. The van der Waals surface area contributed by atoms with Gasteiger partial charge in [0, 0.05) is 22.7 Å². The van der Waals surface area contributed by atoms with Crippen molar-refractivity contribution in [2.24, 2.45) is 0 Å². The number of aryl methyl sites for hydroxylation is 1. The van der Waals surface area contributed by atoms with E-state index in [2.05, 4.69) is 9.71 Å². The average molecular weight is 372 g/mol. The fraction of sp³-hybridized carbons (Fsp3) is 0.211. The van der Waals surface area contributed by atoms with Gasteiger partial charge in [0.25, 0.3) is 0 Å². The van der Waals surface area contributed by atoms with Gasteiger partial charge in [-0.2, -0.15) is 4.72 Å². The maximum Gasteiger partial charge on any atom is 0.328 e. The van der Waals surface area contributed by atoms with Crippen molar-refractivity contribution >= 4 is 26.9 Å². The van der Waals surface area contributed by atoms with Gasteiger partial charge in [0.2, 0.25) is 10.0 Å². The van der Waals surface area contributed by atoms with E-state index < -0.39 is 22.0 Å². The summed E-state index contributed by atoms with van der Waals surface area (Å²) in [4.78, 5) is 15.6. The standard InChI is InChI=1S/C19H20N2O4S/c1-3-25-19(22)18(16-12-20-17-7-5-4-6-15(16)17)21-26(23,24)14-10-8-13(2)9-11-14/h4-12,18,20-21H,3H2,1-2H3/t18-/m0/s1. The maximum absolute atomic E-state index is 12.8. The van der Waals surface area contributed by atoms with Crippen LogP contribution >= 0.6 is 0 Å². The van der Waals surface area contributed by atoms with E-state index in [0.29, 0.717) is 5.56 Å². The molecule has 0 aliphatic rings. The number of sulfonamides is 1. The number of nitrogens with one attached hydrogen (secondary N) is 2. The first kappa shape index (κ1) is 18.2. The molecular weight excluding hydrogens is 352 g/mol. The summed E-state index contributed by atoms with van der Waals surface area (Å²) in [6.07, 6.45) is 1.63. The second kappa shape index (κ2) is 7.31. The lowest BCUT2D eigenvalue weighted by Gasteiger charge is -2.17. The van der Waals surface area contributed by atoms with Crippen LogP contribution in [0.2, 0.25) is 0 Å². The largest absolute Gasteiger partial charge is 0.465 e. The Kier molecular flexibility index (Phi) is 5.11. The van der Waals surface area contributed by atoms with Crippen molar-refractivity contribution in [1.29, 1.82) is 0 Å². The third-order valence-corrected chi connectivity index (χ3v) is 5.50. The van der Waals surface area contributed by atoms with Gasteiger partial charge in [0.05, 0.1) is 11.5 Å². The quantitative estimate of drug-likeness (QED) is 0.651. The molecule has 2 aromatic carbocycles. The Balaban J connectivity index is 2.02. The molecule has 0 saturated heterocycles. The Hall–Kier alpha value is -2.64. The number of H-pyrrole nitrogens is 1. The summed E-state index contributed by atoms with van der Waals surface area (Å²) in [6, 6.07) is 12.7. The van der Waals surface area contributed by atoms with Crippen LogP contribution in [0.15, 0.2) is 59.6 Å². The van der Waals surface area contributed by atoms with Gasteiger partial charge >= 0.3 is 5.97 Å². The van der Waals surface area contributed by atoms with E-state index in [1.807, 2.05) is 31.2 Å². The van der Waals surface area contributed by atoms with Crippen molar-refractivity contribution in [3.05, 3.63) is 65.9 Å². The van der Waals surface area contributed by atoms with Crippen LogP contribution in [-0.2, 0) is 19.6 Å². The molecule has 26 heavy (non-hydrogen) atoms. The number of para-hydroxylation sites is 1. The van der Waals surface area contributed by atoms with Crippen molar-refractivity contribution in [3.8, 4) is 0 Å². The van der Waals surface area contributed by atoms with Gasteiger partial charge in [-0.3, -0.25) is 0 Å². The minimum Gasteiger partial charge on any atom is -0.465 e. The zero-order valence-corrected chi connectivity index (χ0v) is 15.3. The number of carbonyl (C=O) groups excluding carboxylic acids is 1. The summed E-state index contributed by atoms with van der Waals surface area (Å²) >= 11 is 0. The van der Waals surface area contributed by atoms with Gasteiger partial charge in [-0.05, 0) is 32.0 Å². The van der Waals surface area contributed by atoms with Crippen molar-refractivity contribution in [3.63, 3.8) is 0 Å². The smallest absolute Gasteiger partial charge is 0.328 e. The monoisotopic (exact) mass is 372 g/mol. The van der Waals surface area contributed by atoms with Crippen LogP contribution in [-0.4, -0.2) is 26.0 Å². The molecule has 3 rings (SSSR count). The molecule has 0 spiro atoms. The SMILES string of the molecule is CCOC(=O)[C@@H](NS(=O)(=O)c1ccc(C)cc1)c1c[nH]c2ccccc12. The summed E-state index contributed by atoms with van der Waals surface area (Å²) in [5, 5.41) is 0.761. The Morgan fingerprint density at radius 1 is 1.15 bits per heavy atom. The topological polar surface area (TPSA) is 88.3 Å². The van der Waals surface area contributed by atoms with Gasteiger partial charge in [0.15, 0.2) is 0 Å². The van der Waals surface area contributed by atoms with Crippen molar-refractivity contribution in [2.75, 3.05) is 6.61 Å². The maximum atomic E-state index is 12.8. The minimum atomic E-state index is -3.90. The number of aromatic nitrogens is 1. The van der Waals surface area contributed by atoms with Crippen molar-refractivity contribution < 1.29 is 17.9 Å². The number of ether oxygens (including phenoxy) is 1. The highest BCUT2D eigenvalue weighted by atomic mass is 32.2. The lowest BCUT2D eigenvalue weighted by Crippen LogP contribution is -2.34. The van der Waals surface area contributed by atoms with E-state index in [9.17, 15) is 13.2 Å². The Morgan fingerprint density at radius 2 is 1.85 bits per heavy atom. The second-order valence-corrected chi connectivity index (χ2v) is 7.62. The van der Waals surface area contributed by atoms with E-state index in [1.54, 1.807) is 25.3 Å². The van der Waals surface area contributed by atoms with Gasteiger partial charge < -0.3 is 9.72 Å². The van der Waals surface area contributed by atoms with Gasteiger partial charge in [-0.25, -0.2) is 13.2 Å². The van der Waals surface area contributed by atoms with Crippen LogP contribution in [0.1, 0.15) is 24.1 Å². The zero-order chi connectivity index (χ0) is 18.7. The Bertz CT molecular complexity index is 1020. The summed E-state index contributed by atoms with van der Waals surface area (Å²) in [6.45, 7) is 3.71. The molecule has 2 N–H and O–H groups in total.